The lowest BCUT2D eigenvalue weighted by atomic mass is 9.88. The number of carbonyl (C=O) groups is 2. The van der Waals surface area contributed by atoms with Crippen LogP contribution in [-0.4, -0.2) is 54.4 Å². The van der Waals surface area contributed by atoms with Crippen LogP contribution in [0.1, 0.15) is 64.4 Å². The molecule has 326 valence electrons. The Balaban J connectivity index is 1.03. The van der Waals surface area contributed by atoms with Gasteiger partial charge < -0.3 is 29.5 Å². The number of methoxy groups -OCH3 is 1. The molecule has 6 aromatic carbocycles. The van der Waals surface area contributed by atoms with E-state index in [0.29, 0.717) is 64.4 Å². The molecule has 8 rings (SSSR count). The number of amides is 2. The maximum absolute atomic E-state index is 14.7. The Bertz CT molecular complexity index is 2660. The van der Waals surface area contributed by atoms with E-state index in [9.17, 15) is 20.0 Å². The van der Waals surface area contributed by atoms with Crippen LogP contribution < -0.4 is 19.7 Å². The summed E-state index contributed by atoms with van der Waals surface area (Å²) < 4.78 is 17.9. The van der Waals surface area contributed by atoms with Crippen molar-refractivity contribution >= 4 is 40.7 Å². The van der Waals surface area contributed by atoms with Gasteiger partial charge in [0.1, 0.15) is 18.1 Å². The summed E-state index contributed by atoms with van der Waals surface area (Å²) in [5, 5.41) is 24.4. The lowest BCUT2D eigenvalue weighted by molar-refractivity contribution is -0.136. The van der Waals surface area contributed by atoms with E-state index in [1.54, 1.807) is 36.2 Å². The highest BCUT2D eigenvalue weighted by molar-refractivity contribution is 6.42. The first kappa shape index (κ1) is 44.4. The van der Waals surface area contributed by atoms with Gasteiger partial charge in [0.25, 0.3) is 5.91 Å². The SMILES string of the molecule is CCC(c1ccccc1)N1Cc2cc3c(cc2CC1C(=O)N[C@@H](Cc1ccc(-c2ccc(C#N)cc2)cc1)C(O)OC)N(C)C(=O)[C@H](c1ccc(OCc2ccc(Cl)c(Cl)c2)cc1)O3. The first-order valence-electron chi connectivity index (χ1n) is 21.2. The van der Waals surface area contributed by atoms with Crippen molar-refractivity contribution in [2.24, 2.45) is 0 Å². The molecule has 0 aromatic heterocycles. The minimum absolute atomic E-state index is 0.1000. The molecule has 2 N–H and O–H groups in total. The molecule has 0 bridgehead atoms. The molecular formula is C52H48Cl2N4O6. The molecular weight excluding hydrogens is 847 g/mol. The number of rotatable bonds is 14. The smallest absolute Gasteiger partial charge is 0.272 e. The molecule has 0 spiro atoms. The number of carbonyl (C=O) groups excluding carboxylic acids is 2. The van der Waals surface area contributed by atoms with Crippen LogP contribution in [0.15, 0.2) is 133 Å². The fourth-order valence-corrected chi connectivity index (χ4v) is 8.92. The van der Waals surface area contributed by atoms with Gasteiger partial charge in [-0.25, -0.2) is 0 Å². The Morgan fingerprint density at radius 3 is 2.23 bits per heavy atom. The normalized spacial score (nSPS) is 17.3. The quantitative estimate of drug-likeness (QED) is 0.104. The van der Waals surface area contributed by atoms with E-state index < -0.39 is 24.5 Å². The average Bonchev–Trinajstić information content (AvgIpc) is 3.33. The second-order valence-corrected chi connectivity index (χ2v) is 17.0. The van der Waals surface area contributed by atoms with Gasteiger partial charge in [-0.2, -0.15) is 5.26 Å². The molecule has 0 aliphatic carbocycles. The van der Waals surface area contributed by atoms with Crippen LogP contribution in [0, 0.1) is 11.3 Å². The molecule has 3 unspecified atom stereocenters. The highest BCUT2D eigenvalue weighted by Gasteiger charge is 2.40. The van der Waals surface area contributed by atoms with Crippen molar-refractivity contribution in [1.29, 1.82) is 5.26 Å². The predicted octanol–water partition coefficient (Wildman–Crippen LogP) is 9.78. The summed E-state index contributed by atoms with van der Waals surface area (Å²) in [4.78, 5) is 32.5. The Kier molecular flexibility index (Phi) is 13.7. The summed E-state index contributed by atoms with van der Waals surface area (Å²) in [6.07, 6.45) is -0.713. The zero-order valence-electron chi connectivity index (χ0n) is 35.7. The third kappa shape index (κ3) is 9.65. The number of benzene rings is 6. The highest BCUT2D eigenvalue weighted by atomic mass is 35.5. The number of fused-ring (bicyclic) bond motifs is 2. The molecule has 2 aliphatic rings. The number of hydrogen-bond donors (Lipinski definition) is 2. The van der Waals surface area contributed by atoms with Crippen LogP contribution in [0.5, 0.6) is 11.5 Å². The van der Waals surface area contributed by atoms with Gasteiger partial charge in [-0.3, -0.25) is 14.5 Å². The largest absolute Gasteiger partial charge is 0.489 e. The number of halogens is 2. The number of hydrogen-bond acceptors (Lipinski definition) is 8. The summed E-state index contributed by atoms with van der Waals surface area (Å²) in [5.41, 5.74) is 8.67. The average molecular weight is 896 g/mol. The first-order valence-corrected chi connectivity index (χ1v) is 22.0. The molecule has 12 heteroatoms. The molecule has 0 fully saturated rings. The number of nitrogens with one attached hydrogen (secondary N) is 1. The van der Waals surface area contributed by atoms with Crippen LogP contribution in [0.4, 0.5) is 5.69 Å². The van der Waals surface area contributed by atoms with Crippen LogP contribution >= 0.6 is 23.2 Å². The first-order chi connectivity index (χ1) is 31.0. The van der Waals surface area contributed by atoms with Gasteiger partial charge in [0.15, 0.2) is 6.29 Å². The van der Waals surface area contributed by atoms with E-state index in [2.05, 4.69) is 35.3 Å². The van der Waals surface area contributed by atoms with Gasteiger partial charge in [0.05, 0.1) is 39.4 Å². The minimum Gasteiger partial charge on any atom is -0.489 e. The molecule has 2 aliphatic heterocycles. The topological polar surface area (TPSA) is 124 Å². The van der Waals surface area contributed by atoms with Gasteiger partial charge >= 0.3 is 0 Å². The van der Waals surface area contributed by atoms with E-state index >= 15 is 0 Å². The Hall–Kier alpha value is -6.19. The molecule has 2 heterocycles. The van der Waals surface area contributed by atoms with E-state index in [1.807, 2.05) is 97.1 Å². The van der Waals surface area contributed by atoms with E-state index in [-0.39, 0.29) is 17.9 Å². The molecule has 64 heavy (non-hydrogen) atoms. The Morgan fingerprint density at radius 2 is 1.58 bits per heavy atom. The van der Waals surface area contributed by atoms with Crippen molar-refractivity contribution in [2.75, 3.05) is 19.1 Å². The van der Waals surface area contributed by atoms with Gasteiger partial charge in [-0.15, -0.1) is 0 Å². The third-order valence-electron chi connectivity index (χ3n) is 12.1. The Labute approximate surface area is 383 Å². The summed E-state index contributed by atoms with van der Waals surface area (Å²) >= 11 is 12.2. The van der Waals surface area contributed by atoms with E-state index in [0.717, 1.165) is 45.4 Å². The van der Waals surface area contributed by atoms with Gasteiger partial charge in [0.2, 0.25) is 12.0 Å². The lowest BCUT2D eigenvalue weighted by Gasteiger charge is -2.42. The van der Waals surface area contributed by atoms with Gasteiger partial charge in [-0.1, -0.05) is 115 Å². The van der Waals surface area contributed by atoms with Crippen LogP contribution in [-0.2, 0) is 40.3 Å². The number of aliphatic hydroxyl groups is 1. The summed E-state index contributed by atoms with van der Waals surface area (Å²) in [6, 6.07) is 42.8. The number of anilines is 1. The van der Waals surface area contributed by atoms with Crippen molar-refractivity contribution in [3.05, 3.63) is 182 Å². The number of likely N-dealkylation sites (N-methyl/N-ethyl adjacent to an activating group) is 1. The molecule has 5 atom stereocenters. The molecule has 0 radical (unpaired) electrons. The van der Waals surface area contributed by atoms with Crippen LogP contribution in [0.2, 0.25) is 10.0 Å². The van der Waals surface area contributed by atoms with Gasteiger partial charge in [-0.05, 0) is 107 Å². The van der Waals surface area contributed by atoms with Crippen molar-refractivity contribution in [3.63, 3.8) is 0 Å². The zero-order chi connectivity index (χ0) is 44.9. The standard InChI is InChI=1S/C52H48Cl2N4O6/c1-4-45(37-8-6-5-7-9-37)58-30-40-28-48-46(57(2)51(60)49(64-48)38-19-21-41(22-20-38)63-31-34-14-23-42(53)43(54)24-34)26-39(40)27-47(58)50(59)56-44(52(61)62-3)25-32-10-15-35(16-11-32)36-17-12-33(29-55)13-18-36/h5-24,26,28,44-45,47,49,52,61H,4,25,27,30-31H2,1-3H3,(H,56,59)/t44-,45?,47?,49-,52?/m0/s1. The molecule has 0 saturated heterocycles. The number of nitrogens with zero attached hydrogens (tertiary/aromatic N) is 3. The second-order valence-electron chi connectivity index (χ2n) is 16.1. The van der Waals surface area contributed by atoms with Crippen LogP contribution in [0.25, 0.3) is 11.1 Å². The zero-order valence-corrected chi connectivity index (χ0v) is 37.2. The van der Waals surface area contributed by atoms with E-state index in [4.69, 9.17) is 37.4 Å². The number of aliphatic hydroxyl groups excluding tert-OH is 1. The van der Waals surface area contributed by atoms with Crippen molar-refractivity contribution in [1.82, 2.24) is 10.2 Å². The van der Waals surface area contributed by atoms with E-state index in [1.165, 1.54) is 7.11 Å². The fourth-order valence-electron chi connectivity index (χ4n) is 8.60. The summed E-state index contributed by atoms with van der Waals surface area (Å²) in [7, 11) is 3.16. The van der Waals surface area contributed by atoms with Crippen molar-refractivity contribution in [2.45, 2.75) is 69.9 Å². The maximum Gasteiger partial charge on any atom is 0.272 e. The van der Waals surface area contributed by atoms with Crippen molar-refractivity contribution < 1.29 is 28.9 Å². The second kappa shape index (κ2) is 19.7. The van der Waals surface area contributed by atoms with Gasteiger partial charge in [0, 0.05) is 32.3 Å². The molecule has 6 aromatic rings. The molecule has 0 saturated carbocycles. The van der Waals surface area contributed by atoms with Crippen LogP contribution in [0.3, 0.4) is 0 Å². The summed E-state index contributed by atoms with van der Waals surface area (Å²) in [6.45, 7) is 2.86. The minimum atomic E-state index is -1.27. The number of ether oxygens (including phenoxy) is 3. The molecule has 2 amide bonds. The van der Waals surface area contributed by atoms with Crippen molar-refractivity contribution in [3.8, 4) is 28.7 Å². The Morgan fingerprint density at radius 1 is 0.891 bits per heavy atom. The summed E-state index contributed by atoms with van der Waals surface area (Å²) in [5.74, 6) is 0.745. The lowest BCUT2D eigenvalue weighted by Crippen LogP contribution is -2.56. The monoisotopic (exact) mass is 894 g/mol. The number of nitriles is 1. The third-order valence-corrected chi connectivity index (χ3v) is 12.9. The maximum atomic E-state index is 14.7. The fraction of sp³-hybridized carbons (Fsp3) is 0.250. The predicted molar refractivity (Wildman–Crippen MR) is 248 cm³/mol. The highest BCUT2D eigenvalue weighted by Crippen LogP contribution is 2.43. The molecule has 10 nitrogen and oxygen atoms in total.